The number of carbonyl (C=O) groups excluding carboxylic acids is 1. The van der Waals surface area contributed by atoms with E-state index in [1.165, 1.54) is 31.2 Å². The largest absolute Gasteiger partial charge is 0.349 e. The lowest BCUT2D eigenvalue weighted by molar-refractivity contribution is 0.0923. The van der Waals surface area contributed by atoms with Gasteiger partial charge in [0.1, 0.15) is 0 Å². The Morgan fingerprint density at radius 2 is 2.09 bits per heavy atom. The molecule has 2 saturated carbocycles. The Balaban J connectivity index is 1.38. The van der Waals surface area contributed by atoms with Crippen LogP contribution in [0.5, 0.6) is 0 Å². The highest BCUT2D eigenvalue weighted by Crippen LogP contribution is 2.44. The standard InChI is InChI=1S/C18H21N3O/c22-18(20-17-10-14-3-6-16(17)9-14)15-4-1-13(2-5-15)11-21-8-7-19-12-21/h1-2,4-5,7-8,12,14,16-17H,3,6,9-11H2,(H,20,22). The maximum Gasteiger partial charge on any atom is 0.251 e. The first kappa shape index (κ1) is 13.6. The number of imidazole rings is 1. The number of rotatable bonds is 4. The Morgan fingerprint density at radius 1 is 1.23 bits per heavy atom. The quantitative estimate of drug-likeness (QED) is 0.943. The Bertz CT molecular complexity index is 647. The second-order valence-corrected chi connectivity index (χ2v) is 6.69. The van der Waals surface area contributed by atoms with Gasteiger partial charge >= 0.3 is 0 Å². The van der Waals surface area contributed by atoms with E-state index < -0.39 is 0 Å². The Morgan fingerprint density at radius 3 is 2.73 bits per heavy atom. The number of nitrogens with one attached hydrogen (secondary N) is 1. The molecule has 4 heteroatoms. The maximum absolute atomic E-state index is 12.4. The zero-order valence-corrected chi connectivity index (χ0v) is 12.6. The summed E-state index contributed by atoms with van der Waals surface area (Å²) in [5, 5.41) is 3.24. The van der Waals surface area contributed by atoms with E-state index in [-0.39, 0.29) is 5.91 Å². The van der Waals surface area contributed by atoms with Gasteiger partial charge in [-0.2, -0.15) is 0 Å². The molecule has 2 fully saturated rings. The summed E-state index contributed by atoms with van der Waals surface area (Å²) in [5.74, 6) is 1.65. The predicted molar refractivity (Wildman–Crippen MR) is 84.5 cm³/mol. The molecule has 0 spiro atoms. The van der Waals surface area contributed by atoms with Crippen LogP contribution in [0.2, 0.25) is 0 Å². The highest BCUT2D eigenvalue weighted by Gasteiger charge is 2.40. The number of benzene rings is 1. The summed E-state index contributed by atoms with van der Waals surface area (Å²) in [6.45, 7) is 0.786. The number of hydrogen-bond acceptors (Lipinski definition) is 2. The normalized spacial score (nSPS) is 26.3. The Hall–Kier alpha value is -2.10. The van der Waals surface area contributed by atoms with Gasteiger partial charge in [-0.05, 0) is 48.8 Å². The van der Waals surface area contributed by atoms with Crippen LogP contribution in [0.25, 0.3) is 0 Å². The van der Waals surface area contributed by atoms with Gasteiger partial charge in [0.15, 0.2) is 0 Å². The third-order valence-corrected chi connectivity index (χ3v) is 5.20. The maximum atomic E-state index is 12.4. The van der Waals surface area contributed by atoms with E-state index in [4.69, 9.17) is 0 Å². The molecule has 3 atom stereocenters. The fourth-order valence-electron chi connectivity index (χ4n) is 4.03. The van der Waals surface area contributed by atoms with Crippen molar-refractivity contribution in [3.63, 3.8) is 0 Å². The van der Waals surface area contributed by atoms with Gasteiger partial charge in [0.25, 0.3) is 5.91 Å². The molecule has 22 heavy (non-hydrogen) atoms. The van der Waals surface area contributed by atoms with E-state index in [0.717, 1.165) is 23.9 Å². The van der Waals surface area contributed by atoms with E-state index in [0.29, 0.717) is 6.04 Å². The number of aromatic nitrogens is 2. The number of nitrogens with zero attached hydrogens (tertiary/aromatic N) is 2. The molecule has 0 aliphatic heterocycles. The SMILES string of the molecule is O=C(NC1CC2CCC1C2)c1ccc(Cn2ccnc2)cc1. The zero-order valence-electron chi connectivity index (χ0n) is 12.6. The first-order valence-electron chi connectivity index (χ1n) is 8.13. The lowest BCUT2D eigenvalue weighted by atomic mass is 9.95. The number of hydrogen-bond donors (Lipinski definition) is 1. The molecule has 4 nitrogen and oxygen atoms in total. The van der Waals surface area contributed by atoms with Crippen molar-refractivity contribution in [2.45, 2.75) is 38.3 Å². The number of carbonyl (C=O) groups is 1. The molecule has 0 radical (unpaired) electrons. The average Bonchev–Trinajstić information content (AvgIpc) is 3.25. The van der Waals surface area contributed by atoms with Crippen LogP contribution in [0.15, 0.2) is 43.0 Å². The smallest absolute Gasteiger partial charge is 0.251 e. The third-order valence-electron chi connectivity index (χ3n) is 5.20. The van der Waals surface area contributed by atoms with Gasteiger partial charge in [-0.15, -0.1) is 0 Å². The highest BCUT2D eigenvalue weighted by atomic mass is 16.1. The summed E-state index contributed by atoms with van der Waals surface area (Å²) in [4.78, 5) is 16.4. The summed E-state index contributed by atoms with van der Waals surface area (Å²) >= 11 is 0. The highest BCUT2D eigenvalue weighted by molar-refractivity contribution is 5.94. The van der Waals surface area contributed by atoms with Gasteiger partial charge in [0.2, 0.25) is 0 Å². The van der Waals surface area contributed by atoms with Crippen molar-refractivity contribution in [1.29, 1.82) is 0 Å². The lowest BCUT2D eigenvalue weighted by Crippen LogP contribution is -2.38. The van der Waals surface area contributed by atoms with Gasteiger partial charge in [-0.25, -0.2) is 4.98 Å². The molecule has 1 heterocycles. The molecule has 3 unspecified atom stereocenters. The molecule has 1 N–H and O–H groups in total. The molecule has 4 rings (SSSR count). The van der Waals surface area contributed by atoms with Crippen molar-refractivity contribution in [3.05, 3.63) is 54.1 Å². The van der Waals surface area contributed by atoms with Crippen LogP contribution in [-0.2, 0) is 6.54 Å². The van der Waals surface area contributed by atoms with Gasteiger partial charge in [0, 0.05) is 30.5 Å². The molecular weight excluding hydrogens is 274 g/mol. The van der Waals surface area contributed by atoms with Crippen molar-refractivity contribution >= 4 is 5.91 Å². The first-order valence-corrected chi connectivity index (χ1v) is 8.13. The van der Waals surface area contributed by atoms with Crippen molar-refractivity contribution < 1.29 is 4.79 Å². The minimum absolute atomic E-state index is 0.0757. The first-order chi connectivity index (χ1) is 10.8. The van der Waals surface area contributed by atoms with E-state index in [1.807, 2.05) is 35.0 Å². The van der Waals surface area contributed by atoms with Crippen molar-refractivity contribution in [2.24, 2.45) is 11.8 Å². The van der Waals surface area contributed by atoms with Gasteiger partial charge in [-0.3, -0.25) is 4.79 Å². The van der Waals surface area contributed by atoms with Crippen LogP contribution >= 0.6 is 0 Å². The molecule has 2 aliphatic carbocycles. The molecule has 2 bridgehead atoms. The Kier molecular flexibility index (Phi) is 3.45. The number of amides is 1. The van der Waals surface area contributed by atoms with E-state index >= 15 is 0 Å². The van der Waals surface area contributed by atoms with Crippen molar-refractivity contribution in [3.8, 4) is 0 Å². The molecular formula is C18H21N3O. The van der Waals surface area contributed by atoms with Gasteiger partial charge < -0.3 is 9.88 Å². The zero-order chi connectivity index (χ0) is 14.9. The Labute approximate surface area is 130 Å². The van der Waals surface area contributed by atoms with Crippen LogP contribution in [0, 0.1) is 11.8 Å². The van der Waals surface area contributed by atoms with Crippen molar-refractivity contribution in [1.82, 2.24) is 14.9 Å². The monoisotopic (exact) mass is 295 g/mol. The fraction of sp³-hybridized carbons (Fsp3) is 0.444. The molecule has 1 amide bonds. The van der Waals surface area contributed by atoms with Crippen molar-refractivity contribution in [2.75, 3.05) is 0 Å². The van der Waals surface area contributed by atoms with Gasteiger partial charge in [-0.1, -0.05) is 18.6 Å². The van der Waals surface area contributed by atoms with Crippen LogP contribution in [0.4, 0.5) is 0 Å². The third kappa shape index (κ3) is 2.65. The van der Waals surface area contributed by atoms with E-state index in [2.05, 4.69) is 10.3 Å². The lowest BCUT2D eigenvalue weighted by Gasteiger charge is -2.22. The minimum Gasteiger partial charge on any atom is -0.349 e. The van der Waals surface area contributed by atoms with E-state index in [1.54, 1.807) is 12.5 Å². The molecule has 1 aromatic carbocycles. The molecule has 1 aromatic heterocycles. The minimum atomic E-state index is 0.0757. The van der Waals surface area contributed by atoms with Crippen LogP contribution < -0.4 is 5.32 Å². The van der Waals surface area contributed by atoms with Crippen LogP contribution in [0.3, 0.4) is 0 Å². The average molecular weight is 295 g/mol. The molecule has 114 valence electrons. The topological polar surface area (TPSA) is 46.9 Å². The summed E-state index contributed by atoms with van der Waals surface area (Å²) in [6.07, 6.45) is 10.7. The van der Waals surface area contributed by atoms with Crippen LogP contribution in [0.1, 0.15) is 41.6 Å². The molecule has 2 aromatic rings. The summed E-state index contributed by atoms with van der Waals surface area (Å²) in [5.41, 5.74) is 1.94. The second-order valence-electron chi connectivity index (χ2n) is 6.69. The van der Waals surface area contributed by atoms with Gasteiger partial charge in [0.05, 0.1) is 6.33 Å². The molecule has 2 aliphatic rings. The summed E-state index contributed by atoms with van der Waals surface area (Å²) < 4.78 is 2.02. The summed E-state index contributed by atoms with van der Waals surface area (Å²) in [7, 11) is 0. The predicted octanol–water partition coefficient (Wildman–Crippen LogP) is 2.85. The summed E-state index contributed by atoms with van der Waals surface area (Å²) in [6, 6.07) is 8.30. The van der Waals surface area contributed by atoms with Crippen LogP contribution in [-0.4, -0.2) is 21.5 Å². The molecule has 0 saturated heterocycles. The number of fused-ring (bicyclic) bond motifs is 2. The van der Waals surface area contributed by atoms with E-state index in [9.17, 15) is 4.79 Å². The fourth-order valence-corrected chi connectivity index (χ4v) is 4.03. The second kappa shape index (κ2) is 5.59.